The van der Waals surface area contributed by atoms with Crippen molar-refractivity contribution in [2.75, 3.05) is 16.8 Å². The van der Waals surface area contributed by atoms with Crippen molar-refractivity contribution in [3.63, 3.8) is 0 Å². The number of nitrogens with zero attached hydrogens (tertiary/aromatic N) is 2. The van der Waals surface area contributed by atoms with Gasteiger partial charge in [0.1, 0.15) is 11.0 Å². The normalized spacial score (nSPS) is 21.0. The molecular weight excluding hydrogens is 446 g/mol. The van der Waals surface area contributed by atoms with Gasteiger partial charge in [-0.25, -0.2) is 13.9 Å². The minimum Gasteiger partial charge on any atom is -0.363 e. The molecule has 2 unspecified atom stereocenters. The van der Waals surface area contributed by atoms with Crippen molar-refractivity contribution in [1.82, 2.24) is 14.7 Å². The lowest BCUT2D eigenvalue weighted by Crippen LogP contribution is -2.40. The highest BCUT2D eigenvalue weighted by molar-refractivity contribution is 7.83. The molecule has 0 saturated heterocycles. The van der Waals surface area contributed by atoms with E-state index in [1.807, 2.05) is 42.6 Å². The summed E-state index contributed by atoms with van der Waals surface area (Å²) >= 11 is 0. The quantitative estimate of drug-likeness (QED) is 0.497. The number of carbonyl (C=O) groups is 1. The zero-order chi connectivity index (χ0) is 23.3. The summed E-state index contributed by atoms with van der Waals surface area (Å²) in [6.07, 6.45) is 9.62. The van der Waals surface area contributed by atoms with Gasteiger partial charge in [0.05, 0.1) is 29.1 Å². The van der Waals surface area contributed by atoms with Gasteiger partial charge in [0, 0.05) is 30.4 Å². The first-order valence-corrected chi connectivity index (χ1v) is 13.2. The molecule has 5 rings (SSSR count). The van der Waals surface area contributed by atoms with Crippen LogP contribution in [0.4, 0.5) is 11.4 Å². The number of imidazole rings is 1. The Hall–Kier alpha value is -2.97. The van der Waals surface area contributed by atoms with Gasteiger partial charge in [-0.05, 0) is 43.0 Å². The molecule has 0 radical (unpaired) electrons. The number of hydrogen-bond acceptors (Lipinski definition) is 4. The van der Waals surface area contributed by atoms with E-state index in [4.69, 9.17) is 0 Å². The second-order valence-corrected chi connectivity index (χ2v) is 10.5. The molecule has 1 aliphatic heterocycles. The summed E-state index contributed by atoms with van der Waals surface area (Å²) in [6.45, 7) is 1.28. The molecule has 34 heavy (non-hydrogen) atoms. The molecule has 8 heteroatoms. The summed E-state index contributed by atoms with van der Waals surface area (Å²) in [4.78, 5) is 23.2. The Labute approximate surface area is 203 Å². The van der Waals surface area contributed by atoms with Gasteiger partial charge >= 0.3 is 0 Å². The molecule has 1 saturated carbocycles. The molecule has 178 valence electrons. The minimum absolute atomic E-state index is 0.00108. The highest BCUT2D eigenvalue weighted by atomic mass is 32.2. The van der Waals surface area contributed by atoms with E-state index in [1.54, 1.807) is 6.33 Å². The average molecular weight is 478 g/mol. The fourth-order valence-corrected chi connectivity index (χ4v) is 6.11. The molecule has 7 nitrogen and oxygen atoms in total. The summed E-state index contributed by atoms with van der Waals surface area (Å²) in [5.41, 5.74) is 3.80. The summed E-state index contributed by atoms with van der Waals surface area (Å²) in [6, 6.07) is 16.0. The predicted molar refractivity (Wildman–Crippen MR) is 135 cm³/mol. The van der Waals surface area contributed by atoms with Crippen molar-refractivity contribution in [3.8, 4) is 0 Å². The summed E-state index contributed by atoms with van der Waals surface area (Å²) < 4.78 is 16.6. The number of anilines is 2. The first kappa shape index (κ1) is 22.8. The number of fused-ring (bicyclic) bond motifs is 1. The second-order valence-electron chi connectivity index (χ2n) is 9.24. The maximum atomic E-state index is 13.3. The lowest BCUT2D eigenvalue weighted by molar-refractivity contribution is -0.120. The highest BCUT2D eigenvalue weighted by Gasteiger charge is 2.28. The van der Waals surface area contributed by atoms with Gasteiger partial charge in [0.25, 0.3) is 0 Å². The third-order valence-electron chi connectivity index (χ3n) is 6.70. The average Bonchev–Trinajstić information content (AvgIpc) is 3.33. The molecule has 0 bridgehead atoms. The van der Waals surface area contributed by atoms with Crippen LogP contribution in [-0.2, 0) is 28.7 Å². The zero-order valence-corrected chi connectivity index (χ0v) is 20.0. The standard InChI is InChI=1S/C26H31N5O2S/c32-26(20-9-5-2-6-10-20)29-21-11-12-25-24(14-21)31(17-23-15-27-18-28-23)16-22(30-34(25)33)13-19-7-3-1-4-8-19/h1,3-4,7-8,11-12,14-15,18,20,22,30H,2,5-6,9-10,13,16-17H2,(H,27,28)(H,29,32). The summed E-state index contributed by atoms with van der Waals surface area (Å²) in [5.74, 6) is 0.175. The maximum Gasteiger partial charge on any atom is 0.227 e. The fraction of sp³-hybridized carbons (Fsp3) is 0.385. The Morgan fingerprint density at radius 3 is 2.71 bits per heavy atom. The molecule has 3 aromatic rings. The van der Waals surface area contributed by atoms with Crippen LogP contribution >= 0.6 is 0 Å². The van der Waals surface area contributed by atoms with Gasteiger partial charge in [0.2, 0.25) is 5.91 Å². The van der Waals surface area contributed by atoms with Gasteiger partial charge in [-0.2, -0.15) is 0 Å². The topological polar surface area (TPSA) is 90.1 Å². The van der Waals surface area contributed by atoms with E-state index in [1.165, 1.54) is 12.0 Å². The van der Waals surface area contributed by atoms with Gasteiger partial charge in [-0.15, -0.1) is 0 Å². The Morgan fingerprint density at radius 1 is 1.12 bits per heavy atom. The van der Waals surface area contributed by atoms with Crippen LogP contribution in [0.1, 0.15) is 43.4 Å². The number of carbonyl (C=O) groups excluding carboxylic acids is 1. The third-order valence-corrected chi connectivity index (χ3v) is 7.99. The molecule has 3 N–H and O–H groups in total. The molecule has 2 aliphatic rings. The largest absolute Gasteiger partial charge is 0.363 e. The van der Waals surface area contributed by atoms with Gasteiger partial charge < -0.3 is 15.2 Å². The molecule has 0 spiro atoms. The molecular formula is C26H31N5O2S. The van der Waals surface area contributed by atoms with E-state index in [-0.39, 0.29) is 17.9 Å². The van der Waals surface area contributed by atoms with Crippen molar-refractivity contribution < 1.29 is 9.00 Å². The molecule has 1 aliphatic carbocycles. The van der Waals surface area contributed by atoms with Crippen molar-refractivity contribution >= 4 is 28.3 Å². The molecule has 1 fully saturated rings. The Balaban J connectivity index is 1.41. The van der Waals surface area contributed by atoms with Crippen LogP contribution in [-0.4, -0.2) is 32.7 Å². The fourth-order valence-electron chi connectivity index (χ4n) is 4.96. The first-order valence-electron chi connectivity index (χ1n) is 12.0. The first-order chi connectivity index (χ1) is 16.7. The van der Waals surface area contributed by atoms with E-state index in [9.17, 15) is 9.00 Å². The van der Waals surface area contributed by atoms with Crippen molar-refractivity contribution in [1.29, 1.82) is 0 Å². The Kier molecular flexibility index (Phi) is 7.06. The smallest absolute Gasteiger partial charge is 0.227 e. The van der Waals surface area contributed by atoms with Crippen molar-refractivity contribution in [2.24, 2.45) is 5.92 Å². The number of aromatic amines is 1. The number of benzene rings is 2. The monoisotopic (exact) mass is 477 g/mol. The number of hydrogen-bond donors (Lipinski definition) is 3. The molecule has 1 amide bonds. The summed E-state index contributed by atoms with van der Waals surface area (Å²) in [7, 11) is -1.36. The minimum atomic E-state index is -1.36. The Bertz CT molecular complexity index is 1130. The number of H-pyrrole nitrogens is 1. The number of amides is 1. The van der Waals surface area contributed by atoms with Crippen LogP contribution in [0.25, 0.3) is 0 Å². The molecule has 2 atom stereocenters. The van der Waals surface area contributed by atoms with E-state index >= 15 is 0 Å². The number of nitrogens with one attached hydrogen (secondary N) is 3. The maximum absolute atomic E-state index is 13.3. The predicted octanol–water partition coefficient (Wildman–Crippen LogP) is 4.17. The van der Waals surface area contributed by atoms with E-state index in [2.05, 4.69) is 37.0 Å². The third kappa shape index (κ3) is 5.39. The van der Waals surface area contributed by atoms with Crippen LogP contribution < -0.4 is 14.9 Å². The molecule has 2 heterocycles. The lowest BCUT2D eigenvalue weighted by atomic mass is 9.88. The van der Waals surface area contributed by atoms with Crippen LogP contribution in [0, 0.1) is 5.92 Å². The Morgan fingerprint density at radius 2 is 1.94 bits per heavy atom. The van der Waals surface area contributed by atoms with Crippen LogP contribution in [0.2, 0.25) is 0 Å². The van der Waals surface area contributed by atoms with Crippen molar-refractivity contribution in [3.05, 3.63) is 72.3 Å². The van der Waals surface area contributed by atoms with Crippen LogP contribution in [0.5, 0.6) is 0 Å². The summed E-state index contributed by atoms with van der Waals surface area (Å²) in [5, 5.41) is 3.12. The number of aromatic nitrogens is 2. The van der Waals surface area contributed by atoms with Gasteiger partial charge in [0.15, 0.2) is 0 Å². The molecule has 2 aromatic carbocycles. The van der Waals surface area contributed by atoms with E-state index in [0.29, 0.717) is 13.1 Å². The van der Waals surface area contributed by atoms with E-state index < -0.39 is 11.0 Å². The SMILES string of the molecule is O=C(Nc1ccc2c(c1)N(Cc1cnc[nH]1)CC(Cc1ccccc1)NS2=O)C1CCCCC1. The molecule has 1 aromatic heterocycles. The van der Waals surface area contributed by atoms with Crippen LogP contribution in [0.3, 0.4) is 0 Å². The lowest BCUT2D eigenvalue weighted by Gasteiger charge is -2.27. The second kappa shape index (κ2) is 10.5. The van der Waals surface area contributed by atoms with Gasteiger partial charge in [-0.3, -0.25) is 4.79 Å². The highest BCUT2D eigenvalue weighted by Crippen LogP contribution is 2.32. The number of rotatable bonds is 6. The van der Waals surface area contributed by atoms with Crippen LogP contribution in [0.15, 0.2) is 66.0 Å². The van der Waals surface area contributed by atoms with Crippen molar-refractivity contribution in [2.45, 2.75) is 56.0 Å². The van der Waals surface area contributed by atoms with E-state index in [0.717, 1.165) is 54.1 Å². The zero-order valence-electron chi connectivity index (χ0n) is 19.2. The van der Waals surface area contributed by atoms with Gasteiger partial charge in [-0.1, -0.05) is 49.6 Å².